The minimum Gasteiger partial charge on any atom is -0.370 e. The molecule has 1 saturated heterocycles. The van der Waals surface area contributed by atoms with Gasteiger partial charge in [-0.1, -0.05) is 12.1 Å². The highest BCUT2D eigenvalue weighted by molar-refractivity contribution is 6.04. The molecule has 1 aromatic carbocycles. The Balaban J connectivity index is 1.78. The van der Waals surface area contributed by atoms with Crippen LogP contribution in [0.4, 0.5) is 17.3 Å². The quantitative estimate of drug-likeness (QED) is 0.741. The maximum atomic E-state index is 12.7. The third kappa shape index (κ3) is 4.33. The molecule has 0 saturated carbocycles. The second-order valence-corrected chi connectivity index (χ2v) is 6.60. The molecule has 1 fully saturated rings. The van der Waals surface area contributed by atoms with Gasteiger partial charge in [0, 0.05) is 31.7 Å². The molecule has 27 heavy (non-hydrogen) atoms. The first kappa shape index (κ1) is 18.6. The van der Waals surface area contributed by atoms with Crippen molar-refractivity contribution in [1.82, 2.24) is 9.97 Å². The molecule has 142 valence electrons. The van der Waals surface area contributed by atoms with Crippen LogP contribution >= 0.6 is 0 Å². The number of primary amides is 1. The highest BCUT2D eigenvalue weighted by atomic mass is 16.2. The Morgan fingerprint density at radius 1 is 1.19 bits per heavy atom. The normalized spacial score (nSPS) is 14.7. The lowest BCUT2D eigenvalue weighted by Gasteiger charge is -2.33. The topological polar surface area (TPSA) is 113 Å². The highest BCUT2D eigenvalue weighted by Crippen LogP contribution is 2.30. The third-order valence-electron chi connectivity index (χ3n) is 4.70. The van der Waals surface area contributed by atoms with Crippen LogP contribution in [0.15, 0.2) is 30.3 Å². The highest BCUT2D eigenvalue weighted by Gasteiger charge is 2.24. The van der Waals surface area contributed by atoms with E-state index in [1.165, 1.54) is 0 Å². The van der Waals surface area contributed by atoms with Gasteiger partial charge >= 0.3 is 0 Å². The molecule has 2 aromatic rings. The smallest absolute Gasteiger partial charge is 0.274 e. The Morgan fingerprint density at radius 2 is 1.89 bits per heavy atom. The van der Waals surface area contributed by atoms with Gasteiger partial charge in [-0.05, 0) is 38.0 Å². The molecule has 0 bridgehead atoms. The number of anilines is 3. The Labute approximate surface area is 158 Å². The fourth-order valence-corrected chi connectivity index (χ4v) is 3.24. The van der Waals surface area contributed by atoms with Crippen LogP contribution < -0.4 is 21.3 Å². The molecular formula is C19H24N6O2. The van der Waals surface area contributed by atoms with Crippen molar-refractivity contribution in [3.05, 3.63) is 41.7 Å². The maximum Gasteiger partial charge on any atom is 0.274 e. The van der Waals surface area contributed by atoms with E-state index in [1.807, 2.05) is 31.2 Å². The van der Waals surface area contributed by atoms with Crippen LogP contribution in [0, 0.1) is 12.8 Å². The molecule has 8 nitrogen and oxygen atoms in total. The zero-order valence-electron chi connectivity index (χ0n) is 15.5. The number of amides is 2. The molecule has 0 unspecified atom stereocenters. The average molecular weight is 368 g/mol. The number of aryl methyl sites for hydroxylation is 1. The van der Waals surface area contributed by atoms with E-state index in [2.05, 4.69) is 25.5 Å². The second-order valence-electron chi connectivity index (χ2n) is 6.60. The van der Waals surface area contributed by atoms with Crippen molar-refractivity contribution in [2.24, 2.45) is 11.7 Å². The Kier molecular flexibility index (Phi) is 5.54. The number of piperidine rings is 1. The average Bonchev–Trinajstić information content (AvgIpc) is 2.68. The molecule has 0 aliphatic carbocycles. The van der Waals surface area contributed by atoms with Crippen LogP contribution in [-0.4, -0.2) is 41.9 Å². The fourth-order valence-electron chi connectivity index (χ4n) is 3.24. The summed E-state index contributed by atoms with van der Waals surface area (Å²) in [6.07, 6.45) is 1.43. The summed E-state index contributed by atoms with van der Waals surface area (Å²) in [5.74, 6) is -0.207. The molecule has 2 heterocycles. The first-order valence-corrected chi connectivity index (χ1v) is 8.96. The Bertz CT molecular complexity index is 846. The molecule has 4 N–H and O–H groups in total. The molecule has 1 aromatic heterocycles. The van der Waals surface area contributed by atoms with E-state index in [4.69, 9.17) is 5.73 Å². The first-order valence-electron chi connectivity index (χ1n) is 8.96. The van der Waals surface area contributed by atoms with Crippen molar-refractivity contribution in [2.75, 3.05) is 35.7 Å². The number of rotatable bonds is 5. The van der Waals surface area contributed by atoms with E-state index in [0.29, 0.717) is 35.9 Å². The summed E-state index contributed by atoms with van der Waals surface area (Å²) in [6, 6.07) is 9.28. The summed E-state index contributed by atoms with van der Waals surface area (Å²) in [5, 5.41) is 5.80. The van der Waals surface area contributed by atoms with Crippen LogP contribution in [0.5, 0.6) is 0 Å². The van der Waals surface area contributed by atoms with E-state index in [-0.39, 0.29) is 17.7 Å². The number of nitrogens with one attached hydrogen (secondary N) is 2. The number of nitrogens with two attached hydrogens (primary N) is 1. The van der Waals surface area contributed by atoms with Gasteiger partial charge in [-0.25, -0.2) is 9.97 Å². The summed E-state index contributed by atoms with van der Waals surface area (Å²) in [5.41, 5.74) is 8.06. The lowest BCUT2D eigenvalue weighted by atomic mass is 9.96. The lowest BCUT2D eigenvalue weighted by molar-refractivity contribution is -0.122. The zero-order chi connectivity index (χ0) is 19.4. The number of benzene rings is 1. The van der Waals surface area contributed by atoms with Gasteiger partial charge in [-0.15, -0.1) is 0 Å². The van der Waals surface area contributed by atoms with Gasteiger partial charge in [0.1, 0.15) is 5.69 Å². The molecule has 2 amide bonds. The van der Waals surface area contributed by atoms with E-state index in [1.54, 1.807) is 13.1 Å². The van der Waals surface area contributed by atoms with Crippen molar-refractivity contribution in [2.45, 2.75) is 19.8 Å². The molecule has 0 spiro atoms. The third-order valence-corrected chi connectivity index (χ3v) is 4.70. The van der Waals surface area contributed by atoms with E-state index < -0.39 is 0 Å². The number of hydrogen-bond acceptors (Lipinski definition) is 6. The summed E-state index contributed by atoms with van der Waals surface area (Å²) in [4.78, 5) is 34.7. The first-order chi connectivity index (χ1) is 13.0. The van der Waals surface area contributed by atoms with Crippen molar-refractivity contribution in [3.63, 3.8) is 0 Å². The van der Waals surface area contributed by atoms with Crippen molar-refractivity contribution < 1.29 is 9.59 Å². The molecule has 0 atom stereocenters. The van der Waals surface area contributed by atoms with Crippen LogP contribution in [0.3, 0.4) is 0 Å². The summed E-state index contributed by atoms with van der Waals surface area (Å²) < 4.78 is 0. The maximum absolute atomic E-state index is 12.7. The number of nitrogens with zero attached hydrogens (tertiary/aromatic N) is 3. The molecule has 0 radical (unpaired) electrons. The van der Waals surface area contributed by atoms with E-state index in [0.717, 1.165) is 18.8 Å². The molecule has 8 heteroatoms. The SMILES string of the molecule is CNc1nc(C)cc(C(=O)Nc2ccccc2N2CCC(C(N)=O)CC2)n1. The van der Waals surface area contributed by atoms with Crippen molar-refractivity contribution >= 4 is 29.1 Å². The van der Waals surface area contributed by atoms with Gasteiger partial charge in [0.2, 0.25) is 11.9 Å². The number of hydrogen-bond donors (Lipinski definition) is 3. The predicted molar refractivity (Wildman–Crippen MR) is 105 cm³/mol. The molecular weight excluding hydrogens is 344 g/mol. The van der Waals surface area contributed by atoms with Gasteiger partial charge in [0.15, 0.2) is 0 Å². The summed E-state index contributed by atoms with van der Waals surface area (Å²) >= 11 is 0. The minimum absolute atomic E-state index is 0.0769. The van der Waals surface area contributed by atoms with Gasteiger partial charge in [0.25, 0.3) is 5.91 Å². The van der Waals surface area contributed by atoms with E-state index >= 15 is 0 Å². The van der Waals surface area contributed by atoms with Crippen molar-refractivity contribution in [3.8, 4) is 0 Å². The molecule has 3 rings (SSSR count). The predicted octanol–water partition coefficient (Wildman–Crippen LogP) is 1.78. The summed E-state index contributed by atoms with van der Waals surface area (Å²) in [7, 11) is 1.71. The number of aromatic nitrogens is 2. The van der Waals surface area contributed by atoms with E-state index in [9.17, 15) is 9.59 Å². The van der Waals surface area contributed by atoms with Crippen LogP contribution in [0.1, 0.15) is 29.0 Å². The van der Waals surface area contributed by atoms with Gasteiger partial charge in [0.05, 0.1) is 11.4 Å². The van der Waals surface area contributed by atoms with Crippen LogP contribution in [-0.2, 0) is 4.79 Å². The van der Waals surface area contributed by atoms with Gasteiger partial charge in [-0.3, -0.25) is 9.59 Å². The van der Waals surface area contributed by atoms with Gasteiger partial charge in [-0.2, -0.15) is 0 Å². The van der Waals surface area contributed by atoms with Gasteiger partial charge < -0.3 is 21.3 Å². The minimum atomic E-state index is -0.295. The molecule has 1 aliphatic rings. The van der Waals surface area contributed by atoms with Crippen molar-refractivity contribution in [1.29, 1.82) is 0 Å². The Hall–Kier alpha value is -3.16. The van der Waals surface area contributed by atoms with Crippen LogP contribution in [0.2, 0.25) is 0 Å². The number of para-hydroxylation sites is 2. The standard InChI is InChI=1S/C19H24N6O2/c1-12-11-15(24-19(21-2)22-12)18(27)23-14-5-3-4-6-16(14)25-9-7-13(8-10-25)17(20)26/h3-6,11,13H,7-10H2,1-2H3,(H2,20,26)(H,23,27)(H,21,22,24). The monoisotopic (exact) mass is 368 g/mol. The molecule has 1 aliphatic heterocycles. The largest absolute Gasteiger partial charge is 0.370 e. The zero-order valence-corrected chi connectivity index (χ0v) is 15.5. The Morgan fingerprint density at radius 3 is 2.56 bits per heavy atom. The van der Waals surface area contributed by atoms with Crippen LogP contribution in [0.25, 0.3) is 0 Å². The number of carbonyl (C=O) groups is 2. The summed E-state index contributed by atoms with van der Waals surface area (Å²) in [6.45, 7) is 3.25. The fraction of sp³-hybridized carbons (Fsp3) is 0.368. The lowest BCUT2D eigenvalue weighted by Crippen LogP contribution is -2.38. The second kappa shape index (κ2) is 8.03. The number of carbonyl (C=O) groups excluding carboxylic acids is 2.